The Hall–Kier alpha value is -2.67. The van der Waals surface area contributed by atoms with Crippen LogP contribution < -0.4 is 15.9 Å². The number of rotatable bonds is 1. The summed E-state index contributed by atoms with van der Waals surface area (Å²) < 4.78 is 1.39. The quantitative estimate of drug-likeness (QED) is 0.685. The first kappa shape index (κ1) is 12.1. The number of H-pyrrole nitrogens is 1. The van der Waals surface area contributed by atoms with E-state index < -0.39 is 0 Å². The van der Waals surface area contributed by atoms with Crippen LogP contribution in [0.25, 0.3) is 5.65 Å². The van der Waals surface area contributed by atoms with Gasteiger partial charge in [-0.3, -0.25) is 0 Å². The van der Waals surface area contributed by atoms with Gasteiger partial charge in [-0.05, 0) is 11.6 Å². The fourth-order valence-corrected chi connectivity index (χ4v) is 2.64. The smallest absolute Gasteiger partial charge is 0.325 e. The number of nitrogens with one attached hydrogen (secondary N) is 2. The van der Waals surface area contributed by atoms with Gasteiger partial charge in [0.1, 0.15) is 12.1 Å². The molecule has 0 amide bonds. The van der Waals surface area contributed by atoms with Crippen molar-refractivity contribution >= 4 is 17.2 Å². The number of aromatic nitrogens is 4. The summed E-state index contributed by atoms with van der Waals surface area (Å²) >= 11 is 0. The fraction of sp³-hybridized carbons (Fsp3) is 0.214. The monoisotopic (exact) mass is 282 g/mol. The summed E-state index contributed by atoms with van der Waals surface area (Å²) in [6.45, 7) is 2.53. The molecule has 3 heterocycles. The molecule has 2 aromatic heterocycles. The molecule has 1 aromatic carbocycles. The zero-order valence-corrected chi connectivity index (χ0v) is 11.3. The fourth-order valence-electron chi connectivity index (χ4n) is 2.64. The van der Waals surface area contributed by atoms with Gasteiger partial charge in [0.15, 0.2) is 5.65 Å². The van der Waals surface area contributed by atoms with E-state index in [4.69, 9.17) is 0 Å². The highest BCUT2D eigenvalue weighted by molar-refractivity contribution is 5.66. The van der Waals surface area contributed by atoms with Crippen molar-refractivity contribution in [3.8, 4) is 0 Å². The number of benzene rings is 1. The van der Waals surface area contributed by atoms with Gasteiger partial charge in [0.05, 0.1) is 0 Å². The minimum atomic E-state index is -0.276. The largest absolute Gasteiger partial charge is 0.348 e. The Morgan fingerprint density at radius 1 is 1.24 bits per heavy atom. The van der Waals surface area contributed by atoms with Crippen molar-refractivity contribution in [3.63, 3.8) is 0 Å². The lowest BCUT2D eigenvalue weighted by molar-refractivity contribution is 0.710. The Balaban J connectivity index is 1.85. The molecule has 2 N–H and O–H groups in total. The molecule has 106 valence electrons. The number of para-hydroxylation sites is 1. The van der Waals surface area contributed by atoms with Crippen LogP contribution >= 0.6 is 0 Å². The molecule has 0 unspecified atom stereocenters. The number of fused-ring (bicyclic) bond motifs is 2. The Morgan fingerprint density at radius 3 is 3.10 bits per heavy atom. The van der Waals surface area contributed by atoms with Crippen LogP contribution in [0.15, 0.2) is 41.5 Å². The van der Waals surface area contributed by atoms with Gasteiger partial charge in [-0.15, -0.1) is 0 Å². The molecule has 0 saturated carbocycles. The number of nitrogens with zero attached hydrogens (tertiary/aromatic N) is 4. The molecule has 7 heteroatoms. The summed E-state index contributed by atoms with van der Waals surface area (Å²) in [6.07, 6.45) is 1.51. The van der Waals surface area contributed by atoms with Gasteiger partial charge in [0.2, 0.25) is 0 Å². The zero-order chi connectivity index (χ0) is 14.2. The molecule has 1 aliphatic heterocycles. The molecule has 0 fully saturated rings. The third-order valence-electron chi connectivity index (χ3n) is 3.68. The SMILES string of the molecule is O=c1[nH]nc2cc(N3CCNCc4ccccc43)ncn12. The molecule has 0 bridgehead atoms. The average Bonchev–Trinajstić information content (AvgIpc) is 2.76. The topological polar surface area (TPSA) is 78.3 Å². The number of hydrogen-bond donors (Lipinski definition) is 2. The summed E-state index contributed by atoms with van der Waals surface area (Å²) in [7, 11) is 0. The van der Waals surface area contributed by atoms with Crippen LogP contribution in [-0.4, -0.2) is 32.7 Å². The molecule has 7 nitrogen and oxygen atoms in total. The van der Waals surface area contributed by atoms with Crippen LogP contribution in [0, 0.1) is 0 Å². The molecule has 4 rings (SSSR count). The number of anilines is 2. The second kappa shape index (κ2) is 4.71. The third kappa shape index (κ3) is 1.98. The lowest BCUT2D eigenvalue weighted by Gasteiger charge is -2.23. The standard InChI is InChI=1S/C14H14N6O/c21-14-18-17-13-7-12(16-9-20(13)14)19-6-5-15-8-10-3-1-2-4-11(10)19/h1-4,7,9,15H,5-6,8H2,(H,18,21). The summed E-state index contributed by atoms with van der Waals surface area (Å²) in [4.78, 5) is 18.1. The van der Waals surface area contributed by atoms with Crippen molar-refractivity contribution in [2.24, 2.45) is 0 Å². The van der Waals surface area contributed by atoms with Crippen LogP contribution in [0.3, 0.4) is 0 Å². The van der Waals surface area contributed by atoms with E-state index in [9.17, 15) is 4.79 Å². The van der Waals surface area contributed by atoms with Crippen LogP contribution in [0.2, 0.25) is 0 Å². The molecule has 21 heavy (non-hydrogen) atoms. The van der Waals surface area contributed by atoms with Gasteiger partial charge in [-0.2, -0.15) is 5.10 Å². The van der Waals surface area contributed by atoms with E-state index in [-0.39, 0.29) is 5.69 Å². The minimum absolute atomic E-state index is 0.276. The van der Waals surface area contributed by atoms with Gasteiger partial charge in [0.25, 0.3) is 0 Å². The zero-order valence-electron chi connectivity index (χ0n) is 11.3. The van der Waals surface area contributed by atoms with Gasteiger partial charge in [0, 0.05) is 31.4 Å². The van der Waals surface area contributed by atoms with E-state index in [0.717, 1.165) is 31.1 Å². The van der Waals surface area contributed by atoms with Crippen molar-refractivity contribution in [3.05, 3.63) is 52.7 Å². The average molecular weight is 282 g/mol. The van der Waals surface area contributed by atoms with Crippen LogP contribution in [0.1, 0.15) is 5.56 Å². The van der Waals surface area contributed by atoms with Gasteiger partial charge < -0.3 is 10.2 Å². The molecule has 0 aliphatic carbocycles. The van der Waals surface area contributed by atoms with E-state index in [1.54, 1.807) is 0 Å². The maximum Gasteiger partial charge on any atom is 0.348 e. The lowest BCUT2D eigenvalue weighted by Crippen LogP contribution is -2.25. The maximum atomic E-state index is 11.5. The highest BCUT2D eigenvalue weighted by Gasteiger charge is 2.17. The van der Waals surface area contributed by atoms with Crippen LogP contribution in [-0.2, 0) is 6.54 Å². The molecule has 0 atom stereocenters. The van der Waals surface area contributed by atoms with E-state index in [0.29, 0.717) is 5.65 Å². The molecular weight excluding hydrogens is 268 g/mol. The summed E-state index contributed by atoms with van der Waals surface area (Å²) in [5.74, 6) is 0.789. The first-order valence-corrected chi connectivity index (χ1v) is 6.82. The van der Waals surface area contributed by atoms with Crippen molar-refractivity contribution in [2.45, 2.75) is 6.54 Å². The van der Waals surface area contributed by atoms with E-state index in [2.05, 4.69) is 37.5 Å². The first-order chi connectivity index (χ1) is 10.3. The van der Waals surface area contributed by atoms with E-state index in [1.165, 1.54) is 16.3 Å². The van der Waals surface area contributed by atoms with E-state index in [1.807, 2.05) is 18.2 Å². The maximum absolute atomic E-state index is 11.5. The van der Waals surface area contributed by atoms with Gasteiger partial charge in [-0.25, -0.2) is 19.3 Å². The predicted octanol–water partition coefficient (Wildman–Crippen LogP) is 0.659. The Bertz CT molecular complexity index is 852. The van der Waals surface area contributed by atoms with Crippen LogP contribution in [0.5, 0.6) is 0 Å². The minimum Gasteiger partial charge on any atom is -0.325 e. The first-order valence-electron chi connectivity index (χ1n) is 6.82. The van der Waals surface area contributed by atoms with Crippen molar-refractivity contribution < 1.29 is 0 Å². The summed E-state index contributed by atoms with van der Waals surface area (Å²) in [6, 6.07) is 10.1. The van der Waals surface area contributed by atoms with Crippen LogP contribution in [0.4, 0.5) is 11.5 Å². The Morgan fingerprint density at radius 2 is 2.14 bits per heavy atom. The molecule has 0 saturated heterocycles. The molecular formula is C14H14N6O. The normalized spacial score (nSPS) is 15.0. The highest BCUT2D eigenvalue weighted by atomic mass is 16.1. The molecule has 0 spiro atoms. The van der Waals surface area contributed by atoms with Gasteiger partial charge >= 0.3 is 5.69 Å². The number of aromatic amines is 1. The summed E-state index contributed by atoms with van der Waals surface area (Å²) in [5.41, 5.74) is 2.66. The second-order valence-corrected chi connectivity index (χ2v) is 4.96. The molecule has 0 radical (unpaired) electrons. The van der Waals surface area contributed by atoms with Gasteiger partial charge in [-0.1, -0.05) is 18.2 Å². The summed E-state index contributed by atoms with van der Waals surface area (Å²) in [5, 5.41) is 9.82. The lowest BCUT2D eigenvalue weighted by atomic mass is 10.1. The third-order valence-corrected chi connectivity index (χ3v) is 3.68. The van der Waals surface area contributed by atoms with Crippen molar-refractivity contribution in [1.29, 1.82) is 0 Å². The Kier molecular flexibility index (Phi) is 2.71. The van der Waals surface area contributed by atoms with Crippen molar-refractivity contribution in [2.75, 3.05) is 18.0 Å². The van der Waals surface area contributed by atoms with Crippen molar-refractivity contribution in [1.82, 2.24) is 24.9 Å². The Labute approximate surface area is 120 Å². The molecule has 3 aromatic rings. The number of hydrogen-bond acceptors (Lipinski definition) is 5. The second-order valence-electron chi connectivity index (χ2n) is 4.96. The van der Waals surface area contributed by atoms with E-state index >= 15 is 0 Å². The predicted molar refractivity (Wildman–Crippen MR) is 78.8 cm³/mol. The highest BCUT2D eigenvalue weighted by Crippen LogP contribution is 2.28. The molecule has 1 aliphatic rings.